The van der Waals surface area contributed by atoms with Gasteiger partial charge in [0.1, 0.15) is 17.4 Å². The number of anilines is 1. The van der Waals surface area contributed by atoms with Gasteiger partial charge in [0.25, 0.3) is 0 Å². The topological polar surface area (TPSA) is 54.3 Å². The molecule has 0 saturated carbocycles. The van der Waals surface area contributed by atoms with Crippen LogP contribution in [0.25, 0.3) is 0 Å². The first-order chi connectivity index (χ1) is 11.5. The number of ether oxygens (including phenoxy) is 2. The summed E-state index contributed by atoms with van der Waals surface area (Å²) in [5.74, 6) is -0.478. The molecule has 0 aromatic heterocycles. The van der Waals surface area contributed by atoms with Crippen molar-refractivity contribution in [2.75, 3.05) is 11.9 Å². The molecule has 0 spiro atoms. The van der Waals surface area contributed by atoms with Crippen molar-refractivity contribution in [1.82, 2.24) is 0 Å². The molecule has 4 nitrogen and oxygen atoms in total. The predicted octanol–water partition coefficient (Wildman–Crippen LogP) is 4.31. The molecule has 0 bridgehead atoms. The third-order valence-corrected chi connectivity index (χ3v) is 3.13. The minimum Gasteiger partial charge on any atom is -0.490 e. The van der Waals surface area contributed by atoms with Crippen molar-refractivity contribution in [3.8, 4) is 17.6 Å². The van der Waals surface area contributed by atoms with Crippen LogP contribution < -0.4 is 14.8 Å². The predicted molar refractivity (Wildman–Crippen MR) is 82.7 cm³/mol. The number of rotatable bonds is 7. The summed E-state index contributed by atoms with van der Waals surface area (Å²) < 4.78 is 48.0. The van der Waals surface area contributed by atoms with Crippen LogP contribution in [0.5, 0.6) is 11.5 Å². The highest BCUT2D eigenvalue weighted by Crippen LogP contribution is 2.30. The van der Waals surface area contributed by atoms with E-state index < -0.39 is 12.4 Å². The van der Waals surface area contributed by atoms with E-state index >= 15 is 0 Å². The molecule has 0 saturated heterocycles. The van der Waals surface area contributed by atoms with Gasteiger partial charge in [0.2, 0.25) is 0 Å². The van der Waals surface area contributed by atoms with Crippen LogP contribution in [0, 0.1) is 17.1 Å². The normalized spacial score (nSPS) is 10.3. The zero-order valence-corrected chi connectivity index (χ0v) is 12.9. The number of nitrogens with zero attached hydrogens (tertiary/aromatic N) is 1. The van der Waals surface area contributed by atoms with E-state index in [1.54, 1.807) is 31.2 Å². The first-order valence-corrected chi connectivity index (χ1v) is 7.18. The van der Waals surface area contributed by atoms with Crippen molar-refractivity contribution in [3.05, 3.63) is 53.3 Å². The number of alkyl halides is 2. The van der Waals surface area contributed by atoms with E-state index in [0.29, 0.717) is 17.9 Å². The maximum absolute atomic E-state index is 13.5. The average Bonchev–Trinajstić information content (AvgIpc) is 2.55. The summed E-state index contributed by atoms with van der Waals surface area (Å²) in [5.41, 5.74) is 0.969. The lowest BCUT2D eigenvalue weighted by Crippen LogP contribution is -2.06. The van der Waals surface area contributed by atoms with E-state index in [1.165, 1.54) is 18.2 Å². The van der Waals surface area contributed by atoms with Crippen molar-refractivity contribution < 1.29 is 22.6 Å². The molecular formula is C17H15F3N2O2. The average molecular weight is 336 g/mol. The molecule has 2 rings (SSSR count). The van der Waals surface area contributed by atoms with Gasteiger partial charge >= 0.3 is 6.61 Å². The summed E-state index contributed by atoms with van der Waals surface area (Å²) >= 11 is 0. The fourth-order valence-corrected chi connectivity index (χ4v) is 2.11. The zero-order chi connectivity index (χ0) is 17.5. The quantitative estimate of drug-likeness (QED) is 0.818. The molecule has 0 atom stereocenters. The number of hydrogen-bond donors (Lipinski definition) is 1. The second-order valence-electron chi connectivity index (χ2n) is 4.72. The molecule has 0 radical (unpaired) electrons. The molecular weight excluding hydrogens is 321 g/mol. The van der Waals surface area contributed by atoms with Gasteiger partial charge in [-0.15, -0.1) is 0 Å². The lowest BCUT2D eigenvalue weighted by Gasteiger charge is -2.14. The van der Waals surface area contributed by atoms with Gasteiger partial charge in [0.15, 0.2) is 11.5 Å². The van der Waals surface area contributed by atoms with Crippen molar-refractivity contribution in [2.45, 2.75) is 20.1 Å². The van der Waals surface area contributed by atoms with E-state index in [-0.39, 0.29) is 23.6 Å². The maximum Gasteiger partial charge on any atom is 0.387 e. The Labute approximate surface area is 137 Å². The third kappa shape index (κ3) is 4.32. The van der Waals surface area contributed by atoms with E-state index in [1.807, 2.05) is 0 Å². The van der Waals surface area contributed by atoms with Crippen molar-refractivity contribution in [2.24, 2.45) is 0 Å². The summed E-state index contributed by atoms with van der Waals surface area (Å²) in [4.78, 5) is 0. The van der Waals surface area contributed by atoms with E-state index in [0.717, 1.165) is 0 Å². The summed E-state index contributed by atoms with van der Waals surface area (Å²) in [6.07, 6.45) is 0. The number of benzene rings is 2. The van der Waals surface area contributed by atoms with Crippen LogP contribution in [-0.4, -0.2) is 13.2 Å². The van der Waals surface area contributed by atoms with Crippen molar-refractivity contribution >= 4 is 5.69 Å². The second-order valence-corrected chi connectivity index (χ2v) is 4.72. The first-order valence-electron chi connectivity index (χ1n) is 7.18. The Morgan fingerprint density at radius 2 is 2.00 bits per heavy atom. The van der Waals surface area contributed by atoms with Crippen LogP contribution in [0.2, 0.25) is 0 Å². The molecule has 2 aromatic rings. The number of nitriles is 1. The Kier molecular flexibility index (Phi) is 5.90. The Hall–Kier alpha value is -2.88. The van der Waals surface area contributed by atoms with E-state index in [9.17, 15) is 13.2 Å². The fourth-order valence-electron chi connectivity index (χ4n) is 2.11. The third-order valence-electron chi connectivity index (χ3n) is 3.13. The lowest BCUT2D eigenvalue weighted by atomic mass is 10.1. The molecule has 1 N–H and O–H groups in total. The minimum atomic E-state index is -2.95. The second kappa shape index (κ2) is 8.11. The Morgan fingerprint density at radius 1 is 1.21 bits per heavy atom. The molecule has 24 heavy (non-hydrogen) atoms. The first kappa shape index (κ1) is 17.5. The van der Waals surface area contributed by atoms with Gasteiger partial charge < -0.3 is 14.8 Å². The van der Waals surface area contributed by atoms with Gasteiger partial charge in [-0.1, -0.05) is 12.1 Å². The smallest absolute Gasteiger partial charge is 0.387 e. The van der Waals surface area contributed by atoms with Crippen LogP contribution in [0.4, 0.5) is 18.9 Å². The van der Waals surface area contributed by atoms with Crippen molar-refractivity contribution in [3.63, 3.8) is 0 Å². The van der Waals surface area contributed by atoms with Gasteiger partial charge in [-0.3, -0.25) is 0 Å². The molecule has 7 heteroatoms. The molecule has 0 aliphatic heterocycles. The Morgan fingerprint density at radius 3 is 2.67 bits per heavy atom. The number of hydrogen-bond acceptors (Lipinski definition) is 4. The number of halogens is 3. The highest BCUT2D eigenvalue weighted by atomic mass is 19.3. The van der Waals surface area contributed by atoms with Gasteiger partial charge in [0, 0.05) is 6.54 Å². The summed E-state index contributed by atoms with van der Waals surface area (Å²) in [6, 6.07) is 10.6. The van der Waals surface area contributed by atoms with Crippen molar-refractivity contribution in [1.29, 1.82) is 5.26 Å². The van der Waals surface area contributed by atoms with Crippen LogP contribution in [0.15, 0.2) is 36.4 Å². The summed E-state index contributed by atoms with van der Waals surface area (Å²) in [7, 11) is 0. The summed E-state index contributed by atoms with van der Waals surface area (Å²) in [5, 5.41) is 11.9. The zero-order valence-electron chi connectivity index (χ0n) is 12.9. The SMILES string of the molecule is CCOc1cc(CNc2cccc(F)c2C#N)ccc1OC(F)F. The summed E-state index contributed by atoms with van der Waals surface area (Å²) in [6.45, 7) is -0.673. The van der Waals surface area contributed by atoms with Crippen LogP contribution in [0.3, 0.4) is 0 Å². The largest absolute Gasteiger partial charge is 0.490 e. The molecule has 2 aromatic carbocycles. The highest BCUT2D eigenvalue weighted by Gasteiger charge is 2.12. The van der Waals surface area contributed by atoms with Crippen LogP contribution in [0.1, 0.15) is 18.1 Å². The van der Waals surface area contributed by atoms with E-state index in [2.05, 4.69) is 10.1 Å². The van der Waals surface area contributed by atoms with Gasteiger partial charge in [-0.05, 0) is 36.8 Å². The van der Waals surface area contributed by atoms with Crippen LogP contribution in [-0.2, 0) is 6.54 Å². The molecule has 126 valence electrons. The maximum atomic E-state index is 13.5. The Balaban J connectivity index is 2.17. The van der Waals surface area contributed by atoms with Gasteiger partial charge in [-0.2, -0.15) is 14.0 Å². The highest BCUT2D eigenvalue weighted by molar-refractivity contribution is 5.58. The molecule has 0 aliphatic carbocycles. The van der Waals surface area contributed by atoms with Crippen LogP contribution >= 0.6 is 0 Å². The number of nitrogens with one attached hydrogen (secondary N) is 1. The Bertz CT molecular complexity index is 745. The van der Waals surface area contributed by atoms with E-state index in [4.69, 9.17) is 10.00 Å². The fraction of sp³-hybridized carbons (Fsp3) is 0.235. The lowest BCUT2D eigenvalue weighted by molar-refractivity contribution is -0.0514. The minimum absolute atomic E-state index is 0.0564. The standard InChI is InChI=1S/C17H15F3N2O2/c1-2-23-16-8-11(6-7-15(16)24-17(19)20)10-22-14-5-3-4-13(18)12(14)9-21/h3-8,17,22H,2,10H2,1H3. The molecule has 0 heterocycles. The monoisotopic (exact) mass is 336 g/mol. The molecule has 0 amide bonds. The van der Waals surface area contributed by atoms with Gasteiger partial charge in [0.05, 0.1) is 12.3 Å². The molecule has 0 fully saturated rings. The molecule has 0 unspecified atom stereocenters. The van der Waals surface area contributed by atoms with Gasteiger partial charge in [-0.25, -0.2) is 4.39 Å². The molecule has 0 aliphatic rings.